The average molecular weight is 283 g/mol. The van der Waals surface area contributed by atoms with Gasteiger partial charge in [0.15, 0.2) is 0 Å². The van der Waals surface area contributed by atoms with E-state index in [1.807, 2.05) is 25.8 Å². The number of amides is 2. The van der Waals surface area contributed by atoms with Gasteiger partial charge < -0.3 is 15.1 Å². The van der Waals surface area contributed by atoms with Gasteiger partial charge in [0.05, 0.1) is 12.1 Å². The van der Waals surface area contributed by atoms with Crippen LogP contribution in [0, 0.1) is 0 Å². The van der Waals surface area contributed by atoms with E-state index < -0.39 is 5.54 Å². The Morgan fingerprint density at radius 2 is 1.70 bits per heavy atom. The summed E-state index contributed by atoms with van der Waals surface area (Å²) in [4.78, 5) is 27.8. The van der Waals surface area contributed by atoms with Crippen LogP contribution in [0.3, 0.4) is 0 Å². The minimum Gasteiger partial charge on any atom is -0.341 e. The van der Waals surface area contributed by atoms with E-state index in [-0.39, 0.29) is 18.4 Å². The molecule has 0 aliphatic heterocycles. The zero-order valence-corrected chi connectivity index (χ0v) is 13.5. The van der Waals surface area contributed by atoms with Crippen LogP contribution in [0.25, 0.3) is 0 Å². The second kappa shape index (κ2) is 7.07. The minimum absolute atomic E-state index is 0.0275. The van der Waals surface area contributed by atoms with Gasteiger partial charge in [-0.25, -0.2) is 0 Å². The van der Waals surface area contributed by atoms with E-state index in [1.54, 1.807) is 14.1 Å². The molecule has 1 N–H and O–H groups in total. The van der Waals surface area contributed by atoms with Crippen molar-refractivity contribution >= 4 is 11.8 Å². The van der Waals surface area contributed by atoms with Crippen LogP contribution in [0.15, 0.2) is 0 Å². The summed E-state index contributed by atoms with van der Waals surface area (Å²) < 4.78 is 0. The largest absolute Gasteiger partial charge is 0.341 e. The third kappa shape index (κ3) is 4.20. The van der Waals surface area contributed by atoms with Gasteiger partial charge in [-0.15, -0.1) is 0 Å². The van der Waals surface area contributed by atoms with Gasteiger partial charge in [0, 0.05) is 20.1 Å². The molecule has 0 aromatic heterocycles. The van der Waals surface area contributed by atoms with E-state index in [1.165, 1.54) is 24.2 Å². The highest BCUT2D eigenvalue weighted by Crippen LogP contribution is 2.21. The predicted octanol–water partition coefficient (Wildman–Crippen LogP) is 1.23. The topological polar surface area (TPSA) is 52.7 Å². The molecule has 1 rings (SSSR count). The predicted molar refractivity (Wildman–Crippen MR) is 80.4 cm³/mol. The molecule has 0 aromatic carbocycles. The Bertz CT molecular complexity index is 349. The summed E-state index contributed by atoms with van der Waals surface area (Å²) in [5, 5.41) is 2.97. The Balaban J connectivity index is 2.54. The van der Waals surface area contributed by atoms with Crippen LogP contribution in [0.1, 0.15) is 46.0 Å². The number of hydrogen-bond donors (Lipinski definition) is 1. The maximum absolute atomic E-state index is 12.3. The number of nitrogens with one attached hydrogen (secondary N) is 1. The highest BCUT2D eigenvalue weighted by atomic mass is 16.2. The number of nitrogens with zero attached hydrogens (tertiary/aromatic N) is 2. The van der Waals surface area contributed by atoms with Crippen molar-refractivity contribution in [2.24, 2.45) is 0 Å². The van der Waals surface area contributed by atoms with Gasteiger partial charge >= 0.3 is 0 Å². The van der Waals surface area contributed by atoms with E-state index in [4.69, 9.17) is 0 Å². The Morgan fingerprint density at radius 1 is 1.15 bits per heavy atom. The zero-order chi connectivity index (χ0) is 15.3. The summed E-state index contributed by atoms with van der Waals surface area (Å²) in [6, 6.07) is 0.345. The monoisotopic (exact) mass is 283 g/mol. The summed E-state index contributed by atoms with van der Waals surface area (Å²) in [6.45, 7) is 3.79. The molecule has 0 unspecified atom stereocenters. The zero-order valence-electron chi connectivity index (χ0n) is 13.5. The van der Waals surface area contributed by atoms with Crippen LogP contribution < -0.4 is 5.32 Å². The molecule has 5 nitrogen and oxygen atoms in total. The fourth-order valence-corrected chi connectivity index (χ4v) is 2.64. The van der Waals surface area contributed by atoms with Gasteiger partial charge in [0.1, 0.15) is 0 Å². The average Bonchev–Trinajstić information content (AvgIpc) is 2.46. The van der Waals surface area contributed by atoms with Gasteiger partial charge in [-0.1, -0.05) is 19.3 Å². The van der Waals surface area contributed by atoms with Crippen molar-refractivity contribution in [2.45, 2.75) is 57.5 Å². The lowest BCUT2D eigenvalue weighted by atomic mass is 9.94. The van der Waals surface area contributed by atoms with Crippen molar-refractivity contribution in [3.63, 3.8) is 0 Å². The third-order valence-corrected chi connectivity index (χ3v) is 4.39. The van der Waals surface area contributed by atoms with Crippen LogP contribution >= 0.6 is 0 Å². The van der Waals surface area contributed by atoms with Crippen molar-refractivity contribution < 1.29 is 9.59 Å². The van der Waals surface area contributed by atoms with Crippen molar-refractivity contribution in [1.82, 2.24) is 15.1 Å². The Labute approximate surface area is 122 Å². The van der Waals surface area contributed by atoms with Gasteiger partial charge in [-0.05, 0) is 33.7 Å². The normalized spacial score (nSPS) is 16.9. The standard InChI is InChI=1S/C15H29N3O2/c1-15(2,16-3)14(20)17(4)11-13(19)18(5)12-9-7-6-8-10-12/h12,16H,6-11H2,1-5H3. The molecule has 1 aliphatic carbocycles. The second-order valence-electron chi connectivity index (χ2n) is 6.33. The van der Waals surface area contributed by atoms with E-state index in [0.717, 1.165) is 12.8 Å². The lowest BCUT2D eigenvalue weighted by molar-refractivity contribution is -0.143. The molecule has 1 fully saturated rings. The first kappa shape index (κ1) is 17.0. The van der Waals surface area contributed by atoms with Crippen molar-refractivity contribution in [2.75, 3.05) is 27.7 Å². The number of hydrogen-bond acceptors (Lipinski definition) is 3. The molecule has 20 heavy (non-hydrogen) atoms. The number of likely N-dealkylation sites (N-methyl/N-ethyl adjacent to an activating group) is 3. The molecule has 2 amide bonds. The molecule has 1 saturated carbocycles. The van der Waals surface area contributed by atoms with Crippen LogP contribution in [0.5, 0.6) is 0 Å². The summed E-state index contributed by atoms with van der Waals surface area (Å²) >= 11 is 0. The Kier molecular flexibility index (Phi) is 5.99. The maximum Gasteiger partial charge on any atom is 0.242 e. The molecule has 116 valence electrons. The lowest BCUT2D eigenvalue weighted by Crippen LogP contribution is -2.54. The van der Waals surface area contributed by atoms with Crippen LogP contribution in [0.4, 0.5) is 0 Å². The molecule has 0 saturated heterocycles. The Hall–Kier alpha value is -1.10. The van der Waals surface area contributed by atoms with E-state index in [9.17, 15) is 9.59 Å². The van der Waals surface area contributed by atoms with Crippen LogP contribution in [-0.4, -0.2) is 60.9 Å². The molecule has 0 aromatic rings. The molecule has 1 aliphatic rings. The van der Waals surface area contributed by atoms with E-state index >= 15 is 0 Å². The molecule has 5 heteroatoms. The molecule has 0 radical (unpaired) electrons. The van der Waals surface area contributed by atoms with Gasteiger partial charge in [-0.2, -0.15) is 0 Å². The maximum atomic E-state index is 12.3. The van der Waals surface area contributed by atoms with Crippen molar-refractivity contribution in [3.05, 3.63) is 0 Å². The highest BCUT2D eigenvalue weighted by Gasteiger charge is 2.30. The quantitative estimate of drug-likeness (QED) is 0.826. The smallest absolute Gasteiger partial charge is 0.242 e. The fourth-order valence-electron chi connectivity index (χ4n) is 2.64. The second-order valence-corrected chi connectivity index (χ2v) is 6.33. The van der Waals surface area contributed by atoms with E-state index in [0.29, 0.717) is 6.04 Å². The van der Waals surface area contributed by atoms with Crippen molar-refractivity contribution in [3.8, 4) is 0 Å². The molecule has 0 bridgehead atoms. The van der Waals surface area contributed by atoms with Gasteiger partial charge in [0.25, 0.3) is 0 Å². The van der Waals surface area contributed by atoms with Gasteiger partial charge in [0.2, 0.25) is 11.8 Å². The van der Waals surface area contributed by atoms with E-state index in [2.05, 4.69) is 5.32 Å². The lowest BCUT2D eigenvalue weighted by Gasteiger charge is -2.34. The minimum atomic E-state index is -0.640. The first-order valence-electron chi connectivity index (χ1n) is 7.49. The molecular formula is C15H29N3O2. The summed E-state index contributed by atoms with van der Waals surface area (Å²) in [7, 11) is 5.30. The highest BCUT2D eigenvalue weighted by molar-refractivity contribution is 5.89. The van der Waals surface area contributed by atoms with Crippen molar-refractivity contribution in [1.29, 1.82) is 0 Å². The number of rotatable bonds is 5. The summed E-state index contributed by atoms with van der Waals surface area (Å²) in [5.74, 6) is -0.0370. The third-order valence-electron chi connectivity index (χ3n) is 4.39. The molecule has 0 heterocycles. The molecule has 0 atom stereocenters. The summed E-state index contributed by atoms with van der Waals surface area (Å²) in [6.07, 6.45) is 5.84. The molecular weight excluding hydrogens is 254 g/mol. The van der Waals surface area contributed by atoms with Crippen LogP contribution in [-0.2, 0) is 9.59 Å². The molecule has 0 spiro atoms. The Morgan fingerprint density at radius 3 is 2.20 bits per heavy atom. The summed E-state index contributed by atoms with van der Waals surface area (Å²) in [5.41, 5.74) is -0.640. The number of carbonyl (C=O) groups excluding carboxylic acids is 2. The first-order chi connectivity index (χ1) is 9.29. The van der Waals surface area contributed by atoms with Gasteiger partial charge in [-0.3, -0.25) is 9.59 Å². The first-order valence-corrected chi connectivity index (χ1v) is 7.49. The fraction of sp³-hybridized carbons (Fsp3) is 0.867. The SMILES string of the molecule is CNC(C)(C)C(=O)N(C)CC(=O)N(C)C1CCCCC1. The number of carbonyl (C=O) groups is 2. The van der Waals surface area contributed by atoms with Crippen LogP contribution in [0.2, 0.25) is 0 Å².